The molecule has 1 aliphatic carbocycles. The van der Waals surface area contributed by atoms with Gasteiger partial charge in [0, 0.05) is 19.7 Å². The third-order valence-electron chi connectivity index (χ3n) is 5.92. The quantitative estimate of drug-likeness (QED) is 0.439. The molecule has 1 aliphatic rings. The number of hydrogen-bond donors (Lipinski definition) is 0. The number of hydrogen-bond acceptors (Lipinski definition) is 2. The highest BCUT2D eigenvalue weighted by molar-refractivity contribution is 5.84. The molecule has 1 fully saturated rings. The summed E-state index contributed by atoms with van der Waals surface area (Å²) in [6, 6.07) is 21.2. The molecular formula is C26H35NO2. The van der Waals surface area contributed by atoms with Crippen LogP contribution in [0.1, 0.15) is 62.5 Å². The van der Waals surface area contributed by atoms with Gasteiger partial charge in [-0.1, -0.05) is 73.5 Å². The predicted molar refractivity (Wildman–Crippen MR) is 119 cm³/mol. The molecule has 2 unspecified atom stereocenters. The normalized spacial score (nSPS) is 15.7. The number of benzene rings is 2. The average Bonchev–Trinajstić information content (AvgIpc) is 3.59. The number of nitrogens with zero attached hydrogens (tertiary/aromatic N) is 1. The second-order valence-electron chi connectivity index (χ2n) is 8.29. The molecule has 0 radical (unpaired) electrons. The van der Waals surface area contributed by atoms with E-state index in [0.717, 1.165) is 37.9 Å². The lowest BCUT2D eigenvalue weighted by molar-refractivity contribution is -0.135. The van der Waals surface area contributed by atoms with Crippen LogP contribution in [0.3, 0.4) is 0 Å². The van der Waals surface area contributed by atoms with Crippen molar-refractivity contribution in [3.63, 3.8) is 0 Å². The maximum Gasteiger partial charge on any atom is 0.232 e. The van der Waals surface area contributed by atoms with E-state index in [0.29, 0.717) is 6.04 Å². The highest BCUT2D eigenvalue weighted by atomic mass is 16.5. The van der Waals surface area contributed by atoms with Gasteiger partial charge in [-0.15, -0.1) is 0 Å². The summed E-state index contributed by atoms with van der Waals surface area (Å²) in [5.41, 5.74) is 2.47. The van der Waals surface area contributed by atoms with Crippen LogP contribution in [0, 0.1) is 0 Å². The molecule has 2 atom stereocenters. The molecule has 0 bridgehead atoms. The molecule has 2 aromatic rings. The first-order valence-electron chi connectivity index (χ1n) is 11.1. The summed E-state index contributed by atoms with van der Waals surface area (Å²) in [6.07, 6.45) is 7.95. The first-order chi connectivity index (χ1) is 14.2. The number of ether oxygens (including phenoxy) is 1. The van der Waals surface area contributed by atoms with Crippen molar-refractivity contribution in [1.29, 1.82) is 0 Å². The van der Waals surface area contributed by atoms with Crippen molar-refractivity contribution in [2.45, 2.75) is 69.9 Å². The van der Waals surface area contributed by atoms with E-state index < -0.39 is 0 Å². The molecule has 0 spiro atoms. The third kappa shape index (κ3) is 6.71. The Bertz CT molecular complexity index is 727. The minimum Gasteiger partial charge on any atom is -0.377 e. The SMILES string of the molecule is CC(OCCCCCCc1ccccc1)C(C(=O)N(C)C1CC1)c1ccccc1. The summed E-state index contributed by atoms with van der Waals surface area (Å²) in [5, 5.41) is 0. The Labute approximate surface area is 176 Å². The summed E-state index contributed by atoms with van der Waals surface area (Å²) in [5.74, 6) is -0.0334. The molecule has 29 heavy (non-hydrogen) atoms. The van der Waals surface area contributed by atoms with Gasteiger partial charge < -0.3 is 9.64 Å². The number of carbonyl (C=O) groups excluding carboxylic acids is 1. The molecule has 1 amide bonds. The maximum atomic E-state index is 13.1. The molecule has 156 valence electrons. The highest BCUT2D eigenvalue weighted by Crippen LogP contribution is 2.31. The van der Waals surface area contributed by atoms with E-state index in [1.54, 1.807) is 0 Å². The maximum absolute atomic E-state index is 13.1. The lowest BCUT2D eigenvalue weighted by Gasteiger charge is -2.28. The number of rotatable bonds is 12. The molecular weight excluding hydrogens is 358 g/mol. The van der Waals surface area contributed by atoms with E-state index in [2.05, 4.69) is 30.3 Å². The van der Waals surface area contributed by atoms with E-state index in [9.17, 15) is 4.79 Å². The second-order valence-corrected chi connectivity index (χ2v) is 8.29. The number of amides is 1. The van der Waals surface area contributed by atoms with Crippen LogP contribution in [0.4, 0.5) is 0 Å². The smallest absolute Gasteiger partial charge is 0.232 e. The molecule has 0 N–H and O–H groups in total. The fourth-order valence-corrected chi connectivity index (χ4v) is 3.93. The van der Waals surface area contributed by atoms with Gasteiger partial charge in [-0.05, 0) is 50.2 Å². The minimum absolute atomic E-state index is 0.115. The van der Waals surface area contributed by atoms with Crippen LogP contribution in [0.5, 0.6) is 0 Å². The van der Waals surface area contributed by atoms with E-state index in [-0.39, 0.29) is 17.9 Å². The van der Waals surface area contributed by atoms with Crippen molar-refractivity contribution < 1.29 is 9.53 Å². The van der Waals surface area contributed by atoms with E-state index in [1.165, 1.54) is 24.8 Å². The van der Waals surface area contributed by atoms with Gasteiger partial charge in [-0.2, -0.15) is 0 Å². The van der Waals surface area contributed by atoms with Gasteiger partial charge in [0.2, 0.25) is 5.91 Å². The molecule has 3 heteroatoms. The largest absolute Gasteiger partial charge is 0.377 e. The molecule has 0 aliphatic heterocycles. The number of aryl methyl sites for hydroxylation is 1. The Kier molecular flexibility index (Phi) is 8.30. The second kappa shape index (κ2) is 11.2. The van der Waals surface area contributed by atoms with Crippen molar-refractivity contribution in [1.82, 2.24) is 4.90 Å². The zero-order valence-corrected chi connectivity index (χ0v) is 17.9. The first kappa shape index (κ1) is 21.6. The fraction of sp³-hybridized carbons (Fsp3) is 0.500. The van der Waals surface area contributed by atoms with E-state index in [4.69, 9.17) is 4.74 Å². The number of likely N-dealkylation sites (N-methyl/N-ethyl adjacent to an activating group) is 1. The third-order valence-corrected chi connectivity index (χ3v) is 5.92. The van der Waals surface area contributed by atoms with Gasteiger partial charge in [0.1, 0.15) is 0 Å². The topological polar surface area (TPSA) is 29.5 Å². The Hall–Kier alpha value is -2.13. The van der Waals surface area contributed by atoms with Crippen LogP contribution in [0.15, 0.2) is 60.7 Å². The number of carbonyl (C=O) groups is 1. The highest BCUT2D eigenvalue weighted by Gasteiger charge is 2.36. The van der Waals surface area contributed by atoms with Crippen molar-refractivity contribution in [2.24, 2.45) is 0 Å². The van der Waals surface area contributed by atoms with Gasteiger partial charge in [0.05, 0.1) is 12.0 Å². The fourth-order valence-electron chi connectivity index (χ4n) is 3.93. The molecule has 1 saturated carbocycles. The summed E-state index contributed by atoms with van der Waals surface area (Å²) in [4.78, 5) is 15.1. The monoisotopic (exact) mass is 393 g/mol. The minimum atomic E-state index is -0.222. The molecule has 2 aromatic carbocycles. The summed E-state index contributed by atoms with van der Waals surface area (Å²) in [6.45, 7) is 2.77. The predicted octanol–water partition coefficient (Wildman–Crippen LogP) is 5.60. The molecule has 3 rings (SSSR count). The van der Waals surface area contributed by atoms with E-state index >= 15 is 0 Å². The lowest BCUT2D eigenvalue weighted by atomic mass is 9.92. The van der Waals surface area contributed by atoms with Gasteiger partial charge in [0.25, 0.3) is 0 Å². The zero-order chi connectivity index (χ0) is 20.5. The Morgan fingerprint density at radius 2 is 1.59 bits per heavy atom. The zero-order valence-electron chi connectivity index (χ0n) is 17.9. The first-order valence-corrected chi connectivity index (χ1v) is 11.1. The number of unbranched alkanes of at least 4 members (excludes halogenated alkanes) is 3. The van der Waals surface area contributed by atoms with Crippen LogP contribution in [0.2, 0.25) is 0 Å². The van der Waals surface area contributed by atoms with Crippen LogP contribution in [-0.2, 0) is 16.0 Å². The van der Waals surface area contributed by atoms with Crippen LogP contribution in [0.25, 0.3) is 0 Å². The Balaban J connectivity index is 1.42. The average molecular weight is 394 g/mol. The van der Waals surface area contributed by atoms with Crippen LogP contribution >= 0.6 is 0 Å². The molecule has 0 aromatic heterocycles. The standard InChI is InChI=1S/C26H35NO2/c1-21(29-20-12-4-3-7-13-22-14-8-5-9-15-22)25(23-16-10-6-11-17-23)26(28)27(2)24-18-19-24/h5-6,8-11,14-17,21,24-25H,3-4,7,12-13,18-20H2,1-2H3. The molecule has 0 heterocycles. The summed E-state index contributed by atoms with van der Waals surface area (Å²) in [7, 11) is 1.94. The Morgan fingerprint density at radius 3 is 2.24 bits per heavy atom. The molecule has 3 nitrogen and oxygen atoms in total. The van der Waals surface area contributed by atoms with E-state index in [1.807, 2.05) is 49.2 Å². The lowest BCUT2D eigenvalue weighted by Crippen LogP contribution is -2.38. The van der Waals surface area contributed by atoms with Gasteiger partial charge >= 0.3 is 0 Å². The summed E-state index contributed by atoms with van der Waals surface area (Å²) >= 11 is 0. The van der Waals surface area contributed by atoms with Gasteiger partial charge in [-0.25, -0.2) is 0 Å². The van der Waals surface area contributed by atoms with Crippen LogP contribution in [-0.4, -0.2) is 36.6 Å². The van der Waals surface area contributed by atoms with Crippen molar-refractivity contribution in [3.8, 4) is 0 Å². The van der Waals surface area contributed by atoms with Crippen molar-refractivity contribution in [3.05, 3.63) is 71.8 Å². The summed E-state index contributed by atoms with van der Waals surface area (Å²) < 4.78 is 6.15. The molecule has 0 saturated heterocycles. The Morgan fingerprint density at radius 1 is 0.966 bits per heavy atom. The van der Waals surface area contributed by atoms with Gasteiger partial charge in [0.15, 0.2) is 0 Å². The van der Waals surface area contributed by atoms with Gasteiger partial charge in [-0.3, -0.25) is 4.79 Å². The van der Waals surface area contributed by atoms with Crippen molar-refractivity contribution >= 4 is 5.91 Å². The van der Waals surface area contributed by atoms with Crippen molar-refractivity contribution in [2.75, 3.05) is 13.7 Å². The van der Waals surface area contributed by atoms with Crippen LogP contribution < -0.4 is 0 Å².